The highest BCUT2D eigenvalue weighted by Crippen LogP contribution is 2.29. The molecule has 0 atom stereocenters. The van der Waals surface area contributed by atoms with Crippen LogP contribution in [-0.2, 0) is 0 Å². The fraction of sp³-hybridized carbons (Fsp3) is 0.200. The van der Waals surface area contributed by atoms with Gasteiger partial charge in [0.2, 0.25) is 5.13 Å². The second-order valence-corrected chi connectivity index (χ2v) is 6.47. The highest BCUT2D eigenvalue weighted by molar-refractivity contribution is 7.18. The number of carbonyl (C=O) groups excluding carboxylic acids is 1. The van der Waals surface area contributed by atoms with Crippen LogP contribution in [0.1, 0.15) is 23.0 Å². The largest absolute Gasteiger partial charge is 0.282 e. The molecule has 1 amide bonds. The molecule has 3 heterocycles. The fourth-order valence-electron chi connectivity index (χ4n) is 1.97. The molecule has 5 nitrogen and oxygen atoms in total. The number of rotatable bonds is 5. The number of amides is 1. The van der Waals surface area contributed by atoms with Crippen molar-refractivity contribution in [2.24, 2.45) is 0 Å². The minimum atomic E-state index is -0.0225. The second kappa shape index (κ2) is 6.76. The maximum atomic E-state index is 12.6. The maximum absolute atomic E-state index is 12.6. The summed E-state index contributed by atoms with van der Waals surface area (Å²) in [7, 11) is 0. The van der Waals surface area contributed by atoms with Crippen LogP contribution in [0.3, 0.4) is 0 Å². The van der Waals surface area contributed by atoms with Crippen LogP contribution in [0, 0.1) is 0 Å². The van der Waals surface area contributed by atoms with Gasteiger partial charge in [-0.1, -0.05) is 24.3 Å². The quantitative estimate of drug-likeness (QED) is 0.715. The molecule has 0 spiro atoms. The molecule has 0 radical (unpaired) electrons. The number of nitrogens with zero attached hydrogens (tertiary/aromatic N) is 4. The SMILES string of the molecule is CCCN(C(=O)c1cccs1)c1nnc(-c2cccnc2)s1. The van der Waals surface area contributed by atoms with Gasteiger partial charge in [-0.3, -0.25) is 14.7 Å². The summed E-state index contributed by atoms with van der Waals surface area (Å²) in [5.41, 5.74) is 0.909. The molecule has 3 aromatic rings. The Morgan fingerprint density at radius 2 is 2.18 bits per heavy atom. The van der Waals surface area contributed by atoms with E-state index in [1.54, 1.807) is 17.3 Å². The Morgan fingerprint density at radius 3 is 2.86 bits per heavy atom. The lowest BCUT2D eigenvalue weighted by molar-refractivity contribution is 0.0990. The predicted molar refractivity (Wildman–Crippen MR) is 89.4 cm³/mol. The van der Waals surface area contributed by atoms with Gasteiger partial charge in [0.1, 0.15) is 0 Å². The molecule has 0 saturated carbocycles. The number of anilines is 1. The van der Waals surface area contributed by atoms with Crippen LogP contribution in [-0.4, -0.2) is 27.6 Å². The lowest BCUT2D eigenvalue weighted by Gasteiger charge is -2.17. The van der Waals surface area contributed by atoms with Crippen LogP contribution in [0.4, 0.5) is 5.13 Å². The van der Waals surface area contributed by atoms with Gasteiger partial charge in [0.05, 0.1) is 4.88 Å². The van der Waals surface area contributed by atoms with E-state index in [0.717, 1.165) is 17.0 Å². The summed E-state index contributed by atoms with van der Waals surface area (Å²) >= 11 is 2.85. The van der Waals surface area contributed by atoms with Crippen LogP contribution < -0.4 is 4.90 Å². The van der Waals surface area contributed by atoms with Crippen LogP contribution >= 0.6 is 22.7 Å². The van der Waals surface area contributed by atoms with E-state index >= 15 is 0 Å². The van der Waals surface area contributed by atoms with Crippen molar-refractivity contribution in [2.45, 2.75) is 13.3 Å². The Balaban J connectivity index is 1.90. The fourth-order valence-corrected chi connectivity index (χ4v) is 3.50. The summed E-state index contributed by atoms with van der Waals surface area (Å²) in [5, 5.41) is 11.7. The Hall–Kier alpha value is -2.12. The molecule has 7 heteroatoms. The van der Waals surface area contributed by atoms with Crippen molar-refractivity contribution in [1.29, 1.82) is 0 Å². The van der Waals surface area contributed by atoms with E-state index in [0.29, 0.717) is 16.6 Å². The summed E-state index contributed by atoms with van der Waals surface area (Å²) in [6, 6.07) is 7.50. The van der Waals surface area contributed by atoms with Crippen molar-refractivity contribution >= 4 is 33.7 Å². The van der Waals surface area contributed by atoms with Gasteiger partial charge < -0.3 is 0 Å². The molecule has 0 aromatic carbocycles. The third-order valence-corrected chi connectivity index (χ3v) is 4.83. The average Bonchev–Trinajstić information content (AvgIpc) is 3.24. The molecule has 0 aliphatic rings. The van der Waals surface area contributed by atoms with Gasteiger partial charge in [0, 0.05) is 24.5 Å². The number of hydrogen-bond acceptors (Lipinski definition) is 6. The Morgan fingerprint density at radius 1 is 1.27 bits per heavy atom. The molecule has 0 fully saturated rings. The molecule has 0 bridgehead atoms. The third kappa shape index (κ3) is 3.05. The predicted octanol–water partition coefficient (Wildman–Crippen LogP) is 3.72. The van der Waals surface area contributed by atoms with Gasteiger partial charge in [0.15, 0.2) is 5.01 Å². The van der Waals surface area contributed by atoms with Crippen molar-refractivity contribution in [3.05, 3.63) is 46.9 Å². The van der Waals surface area contributed by atoms with Gasteiger partial charge in [-0.15, -0.1) is 21.5 Å². The first-order chi connectivity index (χ1) is 10.8. The molecule has 0 aliphatic carbocycles. The molecule has 0 N–H and O–H groups in total. The third-order valence-electron chi connectivity index (χ3n) is 2.98. The van der Waals surface area contributed by atoms with Crippen LogP contribution in [0.15, 0.2) is 42.0 Å². The zero-order valence-corrected chi connectivity index (χ0v) is 13.6. The van der Waals surface area contributed by atoms with E-state index in [1.807, 2.05) is 36.6 Å². The Labute approximate surface area is 136 Å². The first-order valence-electron chi connectivity index (χ1n) is 6.89. The lowest BCUT2D eigenvalue weighted by Crippen LogP contribution is -2.31. The first kappa shape index (κ1) is 14.8. The number of hydrogen-bond donors (Lipinski definition) is 0. The number of carbonyl (C=O) groups is 1. The highest BCUT2D eigenvalue weighted by atomic mass is 32.1. The van der Waals surface area contributed by atoms with Crippen molar-refractivity contribution in [3.63, 3.8) is 0 Å². The monoisotopic (exact) mass is 330 g/mol. The van der Waals surface area contributed by atoms with Gasteiger partial charge in [0.25, 0.3) is 5.91 Å². The van der Waals surface area contributed by atoms with E-state index in [2.05, 4.69) is 15.2 Å². The molecule has 22 heavy (non-hydrogen) atoms. The molecular formula is C15H14N4OS2. The molecular weight excluding hydrogens is 316 g/mol. The Bertz CT molecular complexity index is 740. The number of aromatic nitrogens is 3. The van der Waals surface area contributed by atoms with E-state index in [9.17, 15) is 4.79 Å². The first-order valence-corrected chi connectivity index (χ1v) is 8.58. The average molecular weight is 330 g/mol. The highest BCUT2D eigenvalue weighted by Gasteiger charge is 2.21. The molecule has 0 saturated heterocycles. The summed E-state index contributed by atoms with van der Waals surface area (Å²) in [5.74, 6) is -0.0225. The van der Waals surface area contributed by atoms with E-state index < -0.39 is 0 Å². The van der Waals surface area contributed by atoms with Crippen molar-refractivity contribution < 1.29 is 4.79 Å². The molecule has 0 unspecified atom stereocenters. The van der Waals surface area contributed by atoms with Crippen molar-refractivity contribution in [1.82, 2.24) is 15.2 Å². The molecule has 3 aromatic heterocycles. The van der Waals surface area contributed by atoms with Gasteiger partial charge in [-0.25, -0.2) is 0 Å². The smallest absolute Gasteiger partial charge is 0.270 e. The van der Waals surface area contributed by atoms with Crippen molar-refractivity contribution in [2.75, 3.05) is 11.4 Å². The van der Waals surface area contributed by atoms with Gasteiger partial charge in [-0.05, 0) is 30.0 Å². The zero-order chi connectivity index (χ0) is 15.4. The Kier molecular flexibility index (Phi) is 4.55. The minimum absolute atomic E-state index is 0.0225. The summed E-state index contributed by atoms with van der Waals surface area (Å²) < 4.78 is 0. The number of thiophene rings is 1. The normalized spacial score (nSPS) is 10.6. The number of pyridine rings is 1. The minimum Gasteiger partial charge on any atom is -0.282 e. The lowest BCUT2D eigenvalue weighted by atomic mass is 10.3. The van der Waals surface area contributed by atoms with E-state index in [4.69, 9.17) is 0 Å². The van der Waals surface area contributed by atoms with Crippen molar-refractivity contribution in [3.8, 4) is 10.6 Å². The topological polar surface area (TPSA) is 59.0 Å². The molecule has 3 rings (SSSR count). The van der Waals surface area contributed by atoms with Crippen LogP contribution in [0.5, 0.6) is 0 Å². The zero-order valence-electron chi connectivity index (χ0n) is 12.0. The van der Waals surface area contributed by atoms with E-state index in [-0.39, 0.29) is 5.91 Å². The summed E-state index contributed by atoms with van der Waals surface area (Å²) in [4.78, 5) is 19.1. The second-order valence-electron chi connectivity index (χ2n) is 4.57. The van der Waals surface area contributed by atoms with Crippen LogP contribution in [0.2, 0.25) is 0 Å². The molecule has 112 valence electrons. The van der Waals surface area contributed by atoms with E-state index in [1.165, 1.54) is 22.7 Å². The van der Waals surface area contributed by atoms with Crippen LogP contribution in [0.25, 0.3) is 10.6 Å². The van der Waals surface area contributed by atoms with Gasteiger partial charge >= 0.3 is 0 Å². The summed E-state index contributed by atoms with van der Waals surface area (Å²) in [6.45, 7) is 2.66. The molecule has 0 aliphatic heterocycles. The standard InChI is InChI=1S/C15H14N4OS2/c1-2-8-19(14(20)12-6-4-9-21-12)15-18-17-13(22-15)11-5-3-7-16-10-11/h3-7,9-10H,2,8H2,1H3. The summed E-state index contributed by atoms with van der Waals surface area (Å²) in [6.07, 6.45) is 4.32. The van der Waals surface area contributed by atoms with Gasteiger partial charge in [-0.2, -0.15) is 0 Å². The maximum Gasteiger partial charge on any atom is 0.270 e.